The summed E-state index contributed by atoms with van der Waals surface area (Å²) in [4.78, 5) is 32.4. The van der Waals surface area contributed by atoms with E-state index in [0.29, 0.717) is 10.7 Å². The van der Waals surface area contributed by atoms with Crippen LogP contribution in [0.15, 0.2) is 24.4 Å². The minimum absolute atomic E-state index is 0.156. The normalized spacial score (nSPS) is 15.3. The molecule has 140 valence electrons. The standard InChI is InChI=1S/C19H22N6OS/c1-12-15-17(25-10-8-24(3)9-11-25)21-13(2)22-19(15)27-16(12)18(26)23-14-6-4-5-7-20-14/h4-7H,8-11H2,1-3H3,(H,20,23,26). The first-order chi connectivity index (χ1) is 13.0. The molecule has 0 aromatic carbocycles. The van der Waals surface area contributed by atoms with Crippen LogP contribution in [0.3, 0.4) is 0 Å². The van der Waals surface area contributed by atoms with Gasteiger partial charge in [0, 0.05) is 32.4 Å². The molecule has 0 unspecified atom stereocenters. The summed E-state index contributed by atoms with van der Waals surface area (Å²) >= 11 is 1.42. The molecule has 1 fully saturated rings. The smallest absolute Gasteiger partial charge is 0.267 e. The number of nitrogens with one attached hydrogen (secondary N) is 1. The molecule has 0 spiro atoms. The average Bonchev–Trinajstić information content (AvgIpc) is 2.99. The van der Waals surface area contributed by atoms with Crippen molar-refractivity contribution in [3.63, 3.8) is 0 Å². The predicted octanol–water partition coefficient (Wildman–Crippen LogP) is 2.71. The van der Waals surface area contributed by atoms with E-state index in [2.05, 4.69) is 32.1 Å². The van der Waals surface area contributed by atoms with Crippen LogP contribution in [0, 0.1) is 13.8 Å². The zero-order chi connectivity index (χ0) is 19.0. The van der Waals surface area contributed by atoms with Crippen molar-refractivity contribution in [3.8, 4) is 0 Å². The fourth-order valence-electron chi connectivity index (χ4n) is 3.29. The van der Waals surface area contributed by atoms with Crippen LogP contribution in [-0.4, -0.2) is 59.0 Å². The third kappa shape index (κ3) is 3.50. The Bertz CT molecular complexity index is 979. The first kappa shape index (κ1) is 17.8. The van der Waals surface area contributed by atoms with Crippen molar-refractivity contribution in [1.29, 1.82) is 0 Å². The summed E-state index contributed by atoms with van der Waals surface area (Å²) in [5.74, 6) is 2.06. The number of nitrogens with zero attached hydrogens (tertiary/aromatic N) is 5. The molecule has 1 N–H and O–H groups in total. The summed E-state index contributed by atoms with van der Waals surface area (Å²) < 4.78 is 0. The van der Waals surface area contributed by atoms with E-state index in [4.69, 9.17) is 4.98 Å². The number of pyridine rings is 1. The van der Waals surface area contributed by atoms with E-state index < -0.39 is 0 Å². The number of thiophene rings is 1. The molecule has 1 saturated heterocycles. The molecule has 1 amide bonds. The van der Waals surface area contributed by atoms with Gasteiger partial charge in [-0.2, -0.15) is 0 Å². The van der Waals surface area contributed by atoms with E-state index in [1.165, 1.54) is 11.3 Å². The summed E-state index contributed by atoms with van der Waals surface area (Å²) in [6, 6.07) is 5.45. The number of anilines is 2. The Morgan fingerprint density at radius 2 is 1.93 bits per heavy atom. The average molecular weight is 382 g/mol. The number of fused-ring (bicyclic) bond motifs is 1. The van der Waals surface area contributed by atoms with Crippen LogP contribution in [0.25, 0.3) is 10.2 Å². The molecule has 0 saturated carbocycles. The van der Waals surface area contributed by atoms with Gasteiger partial charge in [0.25, 0.3) is 5.91 Å². The Balaban J connectivity index is 1.73. The third-order valence-corrected chi connectivity index (χ3v) is 5.98. The van der Waals surface area contributed by atoms with E-state index in [-0.39, 0.29) is 5.91 Å². The van der Waals surface area contributed by atoms with E-state index in [1.807, 2.05) is 26.0 Å². The Morgan fingerprint density at radius 1 is 1.15 bits per heavy atom. The van der Waals surface area contributed by atoms with Crippen molar-refractivity contribution in [2.45, 2.75) is 13.8 Å². The highest BCUT2D eigenvalue weighted by molar-refractivity contribution is 7.20. The van der Waals surface area contributed by atoms with Crippen molar-refractivity contribution in [1.82, 2.24) is 19.9 Å². The molecule has 7 nitrogen and oxygen atoms in total. The largest absolute Gasteiger partial charge is 0.353 e. The van der Waals surface area contributed by atoms with Gasteiger partial charge in [-0.25, -0.2) is 15.0 Å². The minimum Gasteiger partial charge on any atom is -0.353 e. The van der Waals surface area contributed by atoms with Crippen LogP contribution >= 0.6 is 11.3 Å². The highest BCUT2D eigenvalue weighted by Gasteiger charge is 2.24. The Hall–Kier alpha value is -2.58. The lowest BCUT2D eigenvalue weighted by Gasteiger charge is -2.33. The highest BCUT2D eigenvalue weighted by Crippen LogP contribution is 2.36. The van der Waals surface area contributed by atoms with Crippen LogP contribution in [0.4, 0.5) is 11.6 Å². The fraction of sp³-hybridized carbons (Fsp3) is 0.368. The Kier molecular flexibility index (Phi) is 4.75. The van der Waals surface area contributed by atoms with Crippen molar-refractivity contribution in [3.05, 3.63) is 40.7 Å². The minimum atomic E-state index is -0.156. The molecule has 1 aliphatic heterocycles. The fourth-order valence-corrected chi connectivity index (χ4v) is 4.41. The number of carbonyl (C=O) groups excluding carboxylic acids is 1. The van der Waals surface area contributed by atoms with Crippen molar-refractivity contribution < 1.29 is 4.79 Å². The molecular weight excluding hydrogens is 360 g/mol. The van der Waals surface area contributed by atoms with E-state index in [1.54, 1.807) is 12.3 Å². The number of likely N-dealkylation sites (N-methyl/N-ethyl adjacent to an activating group) is 1. The van der Waals surface area contributed by atoms with Crippen molar-refractivity contribution in [2.24, 2.45) is 0 Å². The van der Waals surface area contributed by atoms with Gasteiger partial charge in [-0.05, 0) is 38.6 Å². The molecule has 0 bridgehead atoms. The molecule has 27 heavy (non-hydrogen) atoms. The molecular formula is C19H22N6OS. The van der Waals surface area contributed by atoms with Crippen LogP contribution in [-0.2, 0) is 0 Å². The van der Waals surface area contributed by atoms with Crippen molar-refractivity contribution in [2.75, 3.05) is 43.4 Å². The van der Waals surface area contributed by atoms with Gasteiger partial charge in [0.1, 0.15) is 22.3 Å². The first-order valence-electron chi connectivity index (χ1n) is 8.96. The molecule has 0 atom stereocenters. The number of aryl methyl sites for hydroxylation is 2. The summed E-state index contributed by atoms with van der Waals surface area (Å²) in [7, 11) is 2.13. The topological polar surface area (TPSA) is 74.2 Å². The second kappa shape index (κ2) is 7.21. The maximum Gasteiger partial charge on any atom is 0.267 e. The maximum atomic E-state index is 12.8. The van der Waals surface area contributed by atoms with Crippen LogP contribution < -0.4 is 10.2 Å². The van der Waals surface area contributed by atoms with Crippen LogP contribution in [0.1, 0.15) is 21.1 Å². The number of carbonyl (C=O) groups is 1. The molecule has 8 heteroatoms. The number of hydrogen-bond acceptors (Lipinski definition) is 7. The van der Waals surface area contributed by atoms with Gasteiger partial charge < -0.3 is 15.1 Å². The summed E-state index contributed by atoms with van der Waals surface area (Å²) in [5, 5.41) is 3.86. The lowest BCUT2D eigenvalue weighted by Crippen LogP contribution is -2.45. The molecule has 4 heterocycles. The second-order valence-corrected chi connectivity index (χ2v) is 7.79. The van der Waals surface area contributed by atoms with E-state index in [9.17, 15) is 4.79 Å². The number of rotatable bonds is 3. The number of aromatic nitrogens is 3. The Labute approximate surface area is 162 Å². The van der Waals surface area contributed by atoms with Gasteiger partial charge >= 0.3 is 0 Å². The van der Waals surface area contributed by atoms with Gasteiger partial charge in [-0.3, -0.25) is 4.79 Å². The third-order valence-electron chi connectivity index (χ3n) is 4.80. The first-order valence-corrected chi connectivity index (χ1v) is 9.78. The highest BCUT2D eigenvalue weighted by atomic mass is 32.1. The van der Waals surface area contributed by atoms with Crippen LogP contribution in [0.2, 0.25) is 0 Å². The Morgan fingerprint density at radius 3 is 2.63 bits per heavy atom. The quantitative estimate of drug-likeness (QED) is 0.751. The molecule has 0 aliphatic carbocycles. The zero-order valence-electron chi connectivity index (χ0n) is 15.7. The lowest BCUT2D eigenvalue weighted by molar-refractivity contribution is 0.102. The lowest BCUT2D eigenvalue weighted by atomic mass is 10.1. The number of hydrogen-bond donors (Lipinski definition) is 1. The molecule has 3 aromatic heterocycles. The van der Waals surface area contributed by atoms with Gasteiger partial charge in [0.15, 0.2) is 0 Å². The monoisotopic (exact) mass is 382 g/mol. The van der Waals surface area contributed by atoms with Gasteiger partial charge in [0.05, 0.1) is 10.3 Å². The summed E-state index contributed by atoms with van der Waals surface area (Å²) in [6.45, 7) is 7.73. The maximum absolute atomic E-state index is 12.8. The molecule has 0 radical (unpaired) electrons. The SMILES string of the molecule is Cc1nc(N2CCN(C)CC2)c2c(C)c(C(=O)Nc3ccccn3)sc2n1. The van der Waals surface area contributed by atoms with Crippen LogP contribution in [0.5, 0.6) is 0 Å². The summed E-state index contributed by atoms with van der Waals surface area (Å²) in [5.41, 5.74) is 0.928. The molecule has 1 aliphatic rings. The predicted molar refractivity (Wildman–Crippen MR) is 109 cm³/mol. The van der Waals surface area contributed by atoms with E-state index >= 15 is 0 Å². The zero-order valence-corrected chi connectivity index (χ0v) is 16.5. The summed E-state index contributed by atoms with van der Waals surface area (Å²) in [6.07, 6.45) is 1.66. The molecule has 3 aromatic rings. The number of piperazine rings is 1. The number of amides is 1. The van der Waals surface area contributed by atoms with Gasteiger partial charge in [-0.1, -0.05) is 6.07 Å². The molecule has 4 rings (SSSR count). The van der Waals surface area contributed by atoms with E-state index in [0.717, 1.165) is 53.6 Å². The van der Waals surface area contributed by atoms with Crippen molar-refractivity contribution >= 4 is 39.1 Å². The van der Waals surface area contributed by atoms with Gasteiger partial charge in [0.2, 0.25) is 0 Å². The second-order valence-electron chi connectivity index (χ2n) is 6.79. The van der Waals surface area contributed by atoms with Gasteiger partial charge in [-0.15, -0.1) is 11.3 Å².